The molecule has 2 aromatic heterocycles. The molecular formula is C14H23N7S. The summed E-state index contributed by atoms with van der Waals surface area (Å²) >= 11 is 1.70. The van der Waals surface area contributed by atoms with Crippen LogP contribution in [-0.4, -0.2) is 44.2 Å². The van der Waals surface area contributed by atoms with E-state index in [0.717, 1.165) is 29.0 Å². The summed E-state index contributed by atoms with van der Waals surface area (Å²) in [5.74, 6) is 1.74. The summed E-state index contributed by atoms with van der Waals surface area (Å²) in [5.41, 5.74) is 1.09. The van der Waals surface area contributed by atoms with Gasteiger partial charge in [-0.3, -0.25) is 4.68 Å². The van der Waals surface area contributed by atoms with Crippen molar-refractivity contribution in [1.29, 1.82) is 0 Å². The molecule has 0 aliphatic carbocycles. The van der Waals surface area contributed by atoms with Gasteiger partial charge in [-0.25, -0.2) is 15.0 Å². The highest BCUT2D eigenvalue weighted by atomic mass is 32.1. The van der Waals surface area contributed by atoms with Crippen LogP contribution in [0.25, 0.3) is 0 Å². The van der Waals surface area contributed by atoms with Gasteiger partial charge in [0.15, 0.2) is 5.96 Å². The van der Waals surface area contributed by atoms with Crippen LogP contribution in [0, 0.1) is 13.8 Å². The first-order valence-electron chi connectivity index (χ1n) is 7.26. The Balaban J connectivity index is 2.07. The van der Waals surface area contributed by atoms with Crippen molar-refractivity contribution < 1.29 is 0 Å². The lowest BCUT2D eigenvalue weighted by atomic mass is 10.4. The quantitative estimate of drug-likeness (QED) is 0.667. The molecule has 22 heavy (non-hydrogen) atoms. The van der Waals surface area contributed by atoms with Gasteiger partial charge in [-0.2, -0.15) is 5.10 Å². The van der Waals surface area contributed by atoms with Crippen molar-refractivity contribution in [3.8, 4) is 0 Å². The van der Waals surface area contributed by atoms with E-state index >= 15 is 0 Å². The van der Waals surface area contributed by atoms with Crippen molar-refractivity contribution >= 4 is 17.3 Å². The van der Waals surface area contributed by atoms with Crippen molar-refractivity contribution in [3.63, 3.8) is 0 Å². The van der Waals surface area contributed by atoms with E-state index in [1.54, 1.807) is 22.3 Å². The van der Waals surface area contributed by atoms with Crippen LogP contribution < -0.4 is 5.32 Å². The molecule has 2 heterocycles. The molecule has 0 saturated carbocycles. The second kappa shape index (κ2) is 7.35. The fraction of sp³-hybridized carbons (Fsp3) is 0.571. The predicted molar refractivity (Wildman–Crippen MR) is 88.9 cm³/mol. The standard InChI is InChI=1S/C14H23N7S/c1-6-15-14(16-7-13-19-10(2)11(3)22-13)20(4)8-12-17-9-18-21(12)5/h9H,6-8H2,1-5H3,(H,15,16). The number of aromatic nitrogens is 4. The Morgan fingerprint density at radius 3 is 2.77 bits per heavy atom. The lowest BCUT2D eigenvalue weighted by molar-refractivity contribution is 0.448. The summed E-state index contributed by atoms with van der Waals surface area (Å²) in [4.78, 5) is 16.7. The van der Waals surface area contributed by atoms with Gasteiger partial charge in [0, 0.05) is 25.5 Å². The Labute approximate surface area is 135 Å². The minimum absolute atomic E-state index is 0.588. The third-order valence-corrected chi connectivity index (χ3v) is 4.37. The molecule has 0 saturated heterocycles. The number of nitrogens with zero attached hydrogens (tertiary/aromatic N) is 6. The van der Waals surface area contributed by atoms with Crippen molar-refractivity contribution in [2.24, 2.45) is 12.0 Å². The SMILES string of the molecule is CCNC(=NCc1nc(C)c(C)s1)N(C)Cc1ncnn1C. The molecule has 0 unspecified atom stereocenters. The zero-order valence-electron chi connectivity index (χ0n) is 13.8. The molecule has 8 heteroatoms. The first-order valence-corrected chi connectivity index (χ1v) is 8.08. The van der Waals surface area contributed by atoms with Crippen LogP contribution in [0.1, 0.15) is 28.3 Å². The maximum absolute atomic E-state index is 4.67. The minimum Gasteiger partial charge on any atom is -0.357 e. The normalized spacial score (nSPS) is 11.8. The molecule has 1 N–H and O–H groups in total. The molecule has 0 fully saturated rings. The summed E-state index contributed by atoms with van der Waals surface area (Å²) in [6.45, 7) is 8.24. The number of aliphatic imine (C=N–C) groups is 1. The molecule has 0 radical (unpaired) electrons. The van der Waals surface area contributed by atoms with Crippen LogP contribution in [0.15, 0.2) is 11.3 Å². The van der Waals surface area contributed by atoms with Crippen molar-refractivity contribution in [1.82, 2.24) is 30.0 Å². The molecule has 0 bridgehead atoms. The zero-order chi connectivity index (χ0) is 16.1. The number of aryl methyl sites for hydroxylation is 3. The van der Waals surface area contributed by atoms with Gasteiger partial charge < -0.3 is 10.2 Å². The summed E-state index contributed by atoms with van der Waals surface area (Å²) in [6, 6.07) is 0. The van der Waals surface area contributed by atoms with Crippen LogP contribution in [0.5, 0.6) is 0 Å². The van der Waals surface area contributed by atoms with Gasteiger partial charge in [-0.15, -0.1) is 11.3 Å². The summed E-state index contributed by atoms with van der Waals surface area (Å²) in [7, 11) is 3.88. The van der Waals surface area contributed by atoms with Gasteiger partial charge in [0.1, 0.15) is 17.2 Å². The molecule has 0 aliphatic heterocycles. The first-order chi connectivity index (χ1) is 10.5. The molecule has 7 nitrogen and oxygen atoms in total. The Hall–Kier alpha value is -1.96. The monoisotopic (exact) mass is 321 g/mol. The molecule has 0 atom stereocenters. The molecule has 0 aliphatic rings. The average molecular weight is 321 g/mol. The van der Waals surface area contributed by atoms with Gasteiger partial charge in [-0.1, -0.05) is 0 Å². The van der Waals surface area contributed by atoms with Crippen LogP contribution >= 0.6 is 11.3 Å². The van der Waals surface area contributed by atoms with Crippen LogP contribution in [0.3, 0.4) is 0 Å². The fourth-order valence-corrected chi connectivity index (χ4v) is 2.83. The van der Waals surface area contributed by atoms with E-state index in [9.17, 15) is 0 Å². The number of hydrogen-bond acceptors (Lipinski definition) is 5. The van der Waals surface area contributed by atoms with Crippen molar-refractivity contribution in [2.45, 2.75) is 33.9 Å². The van der Waals surface area contributed by atoms with E-state index < -0.39 is 0 Å². The third kappa shape index (κ3) is 4.03. The Morgan fingerprint density at radius 2 is 2.23 bits per heavy atom. The van der Waals surface area contributed by atoms with Gasteiger partial charge >= 0.3 is 0 Å². The van der Waals surface area contributed by atoms with E-state index in [-0.39, 0.29) is 0 Å². The third-order valence-electron chi connectivity index (χ3n) is 3.32. The smallest absolute Gasteiger partial charge is 0.194 e. The summed E-state index contributed by atoms with van der Waals surface area (Å²) < 4.78 is 1.77. The van der Waals surface area contributed by atoms with E-state index in [0.29, 0.717) is 13.1 Å². The van der Waals surface area contributed by atoms with Crippen molar-refractivity contribution in [3.05, 3.63) is 27.7 Å². The highest BCUT2D eigenvalue weighted by Gasteiger charge is 2.10. The maximum Gasteiger partial charge on any atom is 0.194 e. The Kier molecular flexibility index (Phi) is 5.48. The zero-order valence-corrected chi connectivity index (χ0v) is 14.6. The second-order valence-corrected chi connectivity index (χ2v) is 6.36. The van der Waals surface area contributed by atoms with E-state index in [2.05, 4.69) is 39.2 Å². The van der Waals surface area contributed by atoms with Gasteiger partial charge in [0.05, 0.1) is 18.8 Å². The first kappa shape index (κ1) is 16.4. The Morgan fingerprint density at radius 1 is 1.45 bits per heavy atom. The fourth-order valence-electron chi connectivity index (χ4n) is 1.97. The summed E-state index contributed by atoms with van der Waals surface area (Å²) in [6.07, 6.45) is 1.56. The molecule has 2 rings (SSSR count). The van der Waals surface area contributed by atoms with Gasteiger partial charge in [-0.05, 0) is 20.8 Å². The largest absolute Gasteiger partial charge is 0.357 e. The number of hydrogen-bond donors (Lipinski definition) is 1. The molecule has 0 spiro atoms. The van der Waals surface area contributed by atoms with E-state index in [1.165, 1.54) is 4.88 Å². The average Bonchev–Trinajstić information content (AvgIpc) is 3.01. The molecule has 120 valence electrons. The number of rotatable bonds is 5. The van der Waals surface area contributed by atoms with Crippen molar-refractivity contribution in [2.75, 3.05) is 13.6 Å². The number of nitrogens with one attached hydrogen (secondary N) is 1. The number of thiazole rings is 1. The van der Waals surface area contributed by atoms with E-state index in [1.807, 2.05) is 25.9 Å². The molecule has 2 aromatic rings. The van der Waals surface area contributed by atoms with E-state index in [4.69, 9.17) is 0 Å². The van der Waals surface area contributed by atoms with Crippen LogP contribution in [0.2, 0.25) is 0 Å². The topological polar surface area (TPSA) is 71.2 Å². The lowest BCUT2D eigenvalue weighted by Gasteiger charge is -2.21. The van der Waals surface area contributed by atoms with Gasteiger partial charge in [0.2, 0.25) is 0 Å². The van der Waals surface area contributed by atoms with Crippen LogP contribution in [-0.2, 0) is 20.1 Å². The van der Waals surface area contributed by atoms with Gasteiger partial charge in [0.25, 0.3) is 0 Å². The summed E-state index contributed by atoms with van der Waals surface area (Å²) in [5, 5.41) is 8.43. The predicted octanol–water partition coefficient (Wildman–Crippen LogP) is 1.49. The number of guanidine groups is 1. The molecular weight excluding hydrogens is 298 g/mol. The molecule has 0 aromatic carbocycles. The minimum atomic E-state index is 0.588. The Bertz CT molecular complexity index is 624. The second-order valence-electron chi connectivity index (χ2n) is 5.08. The molecule has 0 amide bonds. The lowest BCUT2D eigenvalue weighted by Crippen LogP contribution is -2.39. The van der Waals surface area contributed by atoms with Crippen LogP contribution in [0.4, 0.5) is 0 Å². The highest BCUT2D eigenvalue weighted by Crippen LogP contribution is 2.17. The highest BCUT2D eigenvalue weighted by molar-refractivity contribution is 7.11. The maximum atomic E-state index is 4.67.